The summed E-state index contributed by atoms with van der Waals surface area (Å²) < 4.78 is 1.90. The quantitative estimate of drug-likeness (QED) is 0.626. The third-order valence-corrected chi connectivity index (χ3v) is 3.82. The maximum absolute atomic E-state index is 12.5. The Balaban J connectivity index is 2.45. The molecule has 0 aliphatic rings. The maximum atomic E-state index is 12.5. The molecule has 2 nitrogen and oxygen atoms in total. The Labute approximate surface area is 125 Å². The Bertz CT molecular complexity index is 604. The normalized spacial score (nSPS) is 10.7. The van der Waals surface area contributed by atoms with E-state index >= 15 is 0 Å². The lowest BCUT2D eigenvalue weighted by Gasteiger charge is -2.14. The van der Waals surface area contributed by atoms with Gasteiger partial charge in [0, 0.05) is 17.9 Å². The fraction of sp³-hybridized carbons (Fsp3) is 0.353. The summed E-state index contributed by atoms with van der Waals surface area (Å²) in [5.41, 5.74) is 2.95. The lowest BCUT2D eigenvalue weighted by atomic mass is 10.1. The van der Waals surface area contributed by atoms with Gasteiger partial charge in [-0.15, -0.1) is 0 Å². The SMILES string of the molecule is CCCCCn1c(-c2ccccc2)ccc(CS)c1=O. The van der Waals surface area contributed by atoms with Gasteiger partial charge < -0.3 is 4.57 Å². The highest BCUT2D eigenvalue weighted by Crippen LogP contribution is 2.19. The van der Waals surface area contributed by atoms with Gasteiger partial charge in [-0.2, -0.15) is 12.6 Å². The van der Waals surface area contributed by atoms with E-state index in [1.165, 1.54) is 0 Å². The van der Waals surface area contributed by atoms with Crippen molar-refractivity contribution >= 4 is 12.6 Å². The van der Waals surface area contributed by atoms with Gasteiger partial charge in [-0.25, -0.2) is 0 Å². The first-order valence-electron chi connectivity index (χ1n) is 7.17. The van der Waals surface area contributed by atoms with Crippen molar-refractivity contribution < 1.29 is 0 Å². The third kappa shape index (κ3) is 3.34. The number of hydrogen-bond donors (Lipinski definition) is 1. The van der Waals surface area contributed by atoms with Gasteiger partial charge in [0.15, 0.2) is 0 Å². The van der Waals surface area contributed by atoms with Gasteiger partial charge in [-0.3, -0.25) is 4.79 Å². The van der Waals surface area contributed by atoms with Crippen LogP contribution in [0.5, 0.6) is 0 Å². The molecule has 0 saturated heterocycles. The molecule has 0 spiro atoms. The van der Waals surface area contributed by atoms with E-state index in [0.29, 0.717) is 5.75 Å². The topological polar surface area (TPSA) is 22.0 Å². The standard InChI is InChI=1S/C17H21NOS/c1-2-3-7-12-18-16(14-8-5-4-6-9-14)11-10-15(13-20)17(18)19/h4-6,8-11,20H,2-3,7,12-13H2,1H3. The molecule has 106 valence electrons. The van der Waals surface area contributed by atoms with Crippen LogP contribution < -0.4 is 5.56 Å². The van der Waals surface area contributed by atoms with Crippen molar-refractivity contribution in [3.05, 3.63) is 58.4 Å². The monoisotopic (exact) mass is 287 g/mol. The van der Waals surface area contributed by atoms with Crippen molar-refractivity contribution in [2.75, 3.05) is 0 Å². The predicted molar refractivity (Wildman–Crippen MR) is 88.4 cm³/mol. The first-order chi connectivity index (χ1) is 9.77. The zero-order chi connectivity index (χ0) is 14.4. The molecule has 1 aromatic heterocycles. The number of nitrogens with zero attached hydrogens (tertiary/aromatic N) is 1. The molecule has 0 N–H and O–H groups in total. The molecule has 3 heteroatoms. The van der Waals surface area contributed by atoms with Gasteiger partial charge in [-0.1, -0.05) is 56.2 Å². The highest BCUT2D eigenvalue weighted by molar-refractivity contribution is 7.79. The van der Waals surface area contributed by atoms with Crippen molar-refractivity contribution in [1.82, 2.24) is 4.57 Å². The Hall–Kier alpha value is -1.48. The first kappa shape index (κ1) is 14.9. The van der Waals surface area contributed by atoms with Crippen molar-refractivity contribution in [1.29, 1.82) is 0 Å². The summed E-state index contributed by atoms with van der Waals surface area (Å²) in [7, 11) is 0. The average Bonchev–Trinajstić information content (AvgIpc) is 2.50. The van der Waals surface area contributed by atoms with E-state index in [2.05, 4.69) is 19.6 Å². The van der Waals surface area contributed by atoms with Crippen LogP contribution in [0.1, 0.15) is 31.7 Å². The van der Waals surface area contributed by atoms with Crippen molar-refractivity contribution in [2.45, 2.75) is 38.5 Å². The maximum Gasteiger partial charge on any atom is 0.255 e. The van der Waals surface area contributed by atoms with Crippen LogP contribution in [0, 0.1) is 0 Å². The molecule has 0 amide bonds. The summed E-state index contributed by atoms with van der Waals surface area (Å²) in [5.74, 6) is 0.488. The van der Waals surface area contributed by atoms with Gasteiger partial charge in [0.25, 0.3) is 5.56 Å². The zero-order valence-electron chi connectivity index (χ0n) is 11.9. The van der Waals surface area contributed by atoms with Gasteiger partial charge in [0.2, 0.25) is 0 Å². The number of thiol groups is 1. The fourth-order valence-corrected chi connectivity index (χ4v) is 2.59. The van der Waals surface area contributed by atoms with Crippen LogP contribution in [0.2, 0.25) is 0 Å². The molecule has 1 heterocycles. The van der Waals surface area contributed by atoms with Crippen LogP contribution in [0.3, 0.4) is 0 Å². The molecule has 0 saturated carbocycles. The van der Waals surface area contributed by atoms with Crippen LogP contribution >= 0.6 is 12.6 Å². The van der Waals surface area contributed by atoms with Crippen LogP contribution in [0.25, 0.3) is 11.3 Å². The van der Waals surface area contributed by atoms with E-state index in [1.807, 2.05) is 47.0 Å². The van der Waals surface area contributed by atoms with Crippen LogP contribution in [-0.2, 0) is 12.3 Å². The molecule has 0 atom stereocenters. The fourth-order valence-electron chi connectivity index (χ4n) is 2.35. The van der Waals surface area contributed by atoms with Crippen molar-refractivity contribution in [3.63, 3.8) is 0 Å². The van der Waals surface area contributed by atoms with Gasteiger partial charge in [-0.05, 0) is 18.1 Å². The molecular weight excluding hydrogens is 266 g/mol. The number of unbranched alkanes of at least 4 members (excludes halogenated alkanes) is 2. The molecular formula is C17H21NOS. The molecule has 0 bridgehead atoms. The minimum atomic E-state index is 0.0949. The smallest absolute Gasteiger partial charge is 0.255 e. The summed E-state index contributed by atoms with van der Waals surface area (Å²) in [4.78, 5) is 12.5. The number of rotatable bonds is 6. The van der Waals surface area contributed by atoms with Gasteiger partial charge in [0.05, 0.1) is 5.69 Å². The molecule has 20 heavy (non-hydrogen) atoms. The molecule has 0 unspecified atom stereocenters. The number of hydrogen-bond acceptors (Lipinski definition) is 2. The summed E-state index contributed by atoms with van der Waals surface area (Å²) >= 11 is 4.24. The first-order valence-corrected chi connectivity index (χ1v) is 7.80. The predicted octanol–water partition coefficient (Wildman–Crippen LogP) is 4.14. The second-order valence-electron chi connectivity index (χ2n) is 4.93. The van der Waals surface area contributed by atoms with Crippen LogP contribution in [0.4, 0.5) is 0 Å². The van der Waals surface area contributed by atoms with Gasteiger partial charge >= 0.3 is 0 Å². The summed E-state index contributed by atoms with van der Waals surface area (Å²) in [6.45, 7) is 2.95. The molecule has 0 aliphatic carbocycles. The molecule has 0 aliphatic heterocycles. The largest absolute Gasteiger partial charge is 0.308 e. The summed E-state index contributed by atoms with van der Waals surface area (Å²) in [6, 6.07) is 14.0. The van der Waals surface area contributed by atoms with E-state index in [-0.39, 0.29) is 5.56 Å². The van der Waals surface area contributed by atoms with E-state index in [9.17, 15) is 4.79 Å². The highest BCUT2D eigenvalue weighted by Gasteiger charge is 2.09. The summed E-state index contributed by atoms with van der Waals surface area (Å²) in [6.07, 6.45) is 3.33. The molecule has 1 aromatic carbocycles. The molecule has 2 rings (SSSR count). The van der Waals surface area contributed by atoms with E-state index in [4.69, 9.17) is 0 Å². The Morgan fingerprint density at radius 2 is 1.80 bits per heavy atom. The van der Waals surface area contributed by atoms with Crippen molar-refractivity contribution in [3.8, 4) is 11.3 Å². The summed E-state index contributed by atoms with van der Waals surface area (Å²) in [5, 5.41) is 0. The second kappa shape index (κ2) is 7.34. The molecule has 2 aromatic rings. The Kier molecular flexibility index (Phi) is 5.48. The average molecular weight is 287 g/mol. The minimum Gasteiger partial charge on any atom is -0.308 e. The van der Waals surface area contributed by atoms with E-state index in [0.717, 1.165) is 42.6 Å². The lowest BCUT2D eigenvalue weighted by molar-refractivity contribution is 0.590. The number of aromatic nitrogens is 1. The van der Waals surface area contributed by atoms with Crippen molar-refractivity contribution in [2.24, 2.45) is 0 Å². The molecule has 0 fully saturated rings. The Morgan fingerprint density at radius 1 is 1.05 bits per heavy atom. The second-order valence-corrected chi connectivity index (χ2v) is 5.25. The minimum absolute atomic E-state index is 0.0949. The van der Waals surface area contributed by atoms with Crippen LogP contribution in [0.15, 0.2) is 47.3 Å². The van der Waals surface area contributed by atoms with Gasteiger partial charge in [0.1, 0.15) is 0 Å². The third-order valence-electron chi connectivity index (χ3n) is 3.48. The molecule has 0 radical (unpaired) electrons. The van der Waals surface area contributed by atoms with Crippen LogP contribution in [-0.4, -0.2) is 4.57 Å². The number of pyridine rings is 1. The van der Waals surface area contributed by atoms with E-state index in [1.54, 1.807) is 0 Å². The lowest BCUT2D eigenvalue weighted by Crippen LogP contribution is -2.24. The van der Waals surface area contributed by atoms with E-state index < -0.39 is 0 Å². The number of benzene rings is 1. The highest BCUT2D eigenvalue weighted by atomic mass is 32.1. The Morgan fingerprint density at radius 3 is 2.45 bits per heavy atom. The zero-order valence-corrected chi connectivity index (χ0v) is 12.8.